The van der Waals surface area contributed by atoms with Crippen LogP contribution in [0.4, 0.5) is 0 Å². The van der Waals surface area contributed by atoms with Gasteiger partial charge in [0.05, 0.1) is 13.8 Å². The third kappa shape index (κ3) is 1.34. The number of hydrogen-bond donors (Lipinski definition) is 0. The zero-order valence-electron chi connectivity index (χ0n) is 4.19. The van der Waals surface area contributed by atoms with Crippen LogP contribution < -0.4 is 0 Å². The summed E-state index contributed by atoms with van der Waals surface area (Å²) in [5.41, 5.74) is 0.687. The largest absolute Gasteiger partial charge is 0.192 e. The van der Waals surface area contributed by atoms with E-state index in [1.807, 2.05) is 6.07 Å². The van der Waals surface area contributed by atoms with E-state index in [4.69, 9.17) is 5.26 Å². The third-order valence-electron chi connectivity index (χ3n) is 0.810. The average Bonchev–Trinajstić information content (AvgIpc) is 2.15. The van der Waals surface area contributed by atoms with Gasteiger partial charge in [0.2, 0.25) is 0 Å². The van der Waals surface area contributed by atoms with Gasteiger partial charge in [0, 0.05) is 5.38 Å². The smallest absolute Gasteiger partial charge is 0.101 e. The molecule has 0 radical (unpaired) electrons. The van der Waals surface area contributed by atoms with E-state index in [2.05, 4.69) is 31.9 Å². The van der Waals surface area contributed by atoms with Crippen molar-refractivity contribution in [1.29, 1.82) is 5.26 Å². The summed E-state index contributed by atoms with van der Waals surface area (Å²) in [6.45, 7) is 0. The van der Waals surface area contributed by atoms with E-state index >= 15 is 0 Å². The lowest BCUT2D eigenvalue weighted by atomic mass is 10.4. The molecule has 0 amide bonds. The highest BCUT2D eigenvalue weighted by Gasteiger charge is 2.03. The number of hydrogen-bond acceptors (Lipinski definition) is 2. The third-order valence-corrected chi connectivity index (χ3v) is 4.15. The standard InChI is InChI=1S/C5HBr2NS/c6-4-3(1-8)2-9-5(4)7/h2H. The van der Waals surface area contributed by atoms with Crippen LogP contribution in [0.1, 0.15) is 5.56 Å². The maximum atomic E-state index is 8.44. The van der Waals surface area contributed by atoms with Gasteiger partial charge in [-0.15, -0.1) is 11.3 Å². The molecule has 1 heterocycles. The van der Waals surface area contributed by atoms with Crippen molar-refractivity contribution in [3.8, 4) is 6.07 Å². The molecule has 4 heteroatoms. The molecule has 0 unspecified atom stereocenters. The van der Waals surface area contributed by atoms with Crippen molar-refractivity contribution in [2.75, 3.05) is 0 Å². The normalized spacial score (nSPS) is 9.00. The summed E-state index contributed by atoms with van der Waals surface area (Å²) < 4.78 is 1.83. The van der Waals surface area contributed by atoms with E-state index in [0.717, 1.165) is 8.26 Å². The molecule has 0 fully saturated rings. The highest BCUT2D eigenvalue weighted by molar-refractivity contribution is 9.13. The Morgan fingerprint density at radius 3 is 2.44 bits per heavy atom. The Bertz CT molecular complexity index is 260. The summed E-state index contributed by atoms with van der Waals surface area (Å²) >= 11 is 8.03. The van der Waals surface area contributed by atoms with Gasteiger partial charge in [0.15, 0.2) is 0 Å². The fourth-order valence-electron chi connectivity index (χ4n) is 0.395. The molecule has 1 rings (SSSR count). The van der Waals surface area contributed by atoms with E-state index in [1.165, 1.54) is 11.3 Å². The number of rotatable bonds is 0. The molecular weight excluding hydrogens is 266 g/mol. The van der Waals surface area contributed by atoms with Gasteiger partial charge in [-0.2, -0.15) is 5.26 Å². The quantitative estimate of drug-likeness (QED) is 0.708. The number of nitrogens with zero attached hydrogens (tertiary/aromatic N) is 1. The predicted molar refractivity (Wildman–Crippen MR) is 44.4 cm³/mol. The summed E-state index contributed by atoms with van der Waals surface area (Å²) in [7, 11) is 0. The van der Waals surface area contributed by atoms with Crippen LogP contribution in [-0.2, 0) is 0 Å². The molecule has 0 spiro atoms. The van der Waals surface area contributed by atoms with Crippen molar-refractivity contribution in [3.63, 3.8) is 0 Å². The molecule has 0 saturated heterocycles. The zero-order chi connectivity index (χ0) is 6.85. The molecule has 0 N–H and O–H groups in total. The minimum Gasteiger partial charge on any atom is -0.192 e. The Labute approximate surface area is 73.6 Å². The fraction of sp³-hybridized carbons (Fsp3) is 0. The number of nitriles is 1. The Morgan fingerprint density at radius 2 is 2.22 bits per heavy atom. The van der Waals surface area contributed by atoms with Gasteiger partial charge in [-0.1, -0.05) is 0 Å². The molecule has 1 aromatic rings. The van der Waals surface area contributed by atoms with Crippen molar-refractivity contribution in [1.82, 2.24) is 0 Å². The molecule has 1 aromatic heterocycles. The Morgan fingerprint density at radius 1 is 1.56 bits per heavy atom. The second kappa shape index (κ2) is 2.82. The number of thiophene rings is 1. The molecule has 0 aromatic carbocycles. The molecule has 1 nitrogen and oxygen atoms in total. The first-order valence-corrected chi connectivity index (χ1v) is 4.55. The molecule has 0 aliphatic carbocycles. The first-order valence-electron chi connectivity index (χ1n) is 2.08. The summed E-state index contributed by atoms with van der Waals surface area (Å²) in [5.74, 6) is 0. The Balaban J connectivity index is 3.24. The minimum atomic E-state index is 0.687. The minimum absolute atomic E-state index is 0.687. The van der Waals surface area contributed by atoms with Crippen LogP contribution in [0, 0.1) is 11.3 Å². The summed E-state index contributed by atoms with van der Waals surface area (Å²) in [6, 6.07) is 2.05. The van der Waals surface area contributed by atoms with E-state index in [-0.39, 0.29) is 0 Å². The molecule has 0 atom stereocenters. The van der Waals surface area contributed by atoms with Crippen LogP contribution >= 0.6 is 43.2 Å². The average molecular weight is 267 g/mol. The van der Waals surface area contributed by atoms with Gasteiger partial charge in [0.1, 0.15) is 6.07 Å². The molecule has 0 saturated carbocycles. The van der Waals surface area contributed by atoms with Crippen molar-refractivity contribution in [3.05, 3.63) is 19.2 Å². The molecule has 0 aliphatic heterocycles. The molecule has 46 valence electrons. The lowest BCUT2D eigenvalue weighted by Gasteiger charge is -1.80. The second-order valence-electron chi connectivity index (χ2n) is 1.35. The highest BCUT2D eigenvalue weighted by Crippen LogP contribution is 2.32. The van der Waals surface area contributed by atoms with Gasteiger partial charge in [-0.05, 0) is 31.9 Å². The SMILES string of the molecule is N#Cc1csc(Br)c1Br. The van der Waals surface area contributed by atoms with Gasteiger partial charge >= 0.3 is 0 Å². The van der Waals surface area contributed by atoms with Gasteiger partial charge in [-0.3, -0.25) is 0 Å². The van der Waals surface area contributed by atoms with Gasteiger partial charge < -0.3 is 0 Å². The lowest BCUT2D eigenvalue weighted by Crippen LogP contribution is -1.63. The summed E-state index contributed by atoms with van der Waals surface area (Å²) in [4.78, 5) is 0. The van der Waals surface area contributed by atoms with E-state index in [1.54, 1.807) is 5.38 Å². The van der Waals surface area contributed by atoms with Gasteiger partial charge in [0.25, 0.3) is 0 Å². The molecule has 0 bridgehead atoms. The van der Waals surface area contributed by atoms with E-state index in [0.29, 0.717) is 5.56 Å². The highest BCUT2D eigenvalue weighted by atomic mass is 79.9. The Hall–Kier alpha value is 0.150. The van der Waals surface area contributed by atoms with Crippen LogP contribution in [-0.4, -0.2) is 0 Å². The summed E-state index contributed by atoms with van der Waals surface area (Å²) in [6.07, 6.45) is 0. The van der Waals surface area contributed by atoms with Crippen molar-refractivity contribution in [2.24, 2.45) is 0 Å². The van der Waals surface area contributed by atoms with Crippen LogP contribution in [0.15, 0.2) is 13.6 Å². The molecule has 9 heavy (non-hydrogen) atoms. The summed E-state index contributed by atoms with van der Waals surface area (Å²) in [5, 5.41) is 10.2. The maximum Gasteiger partial charge on any atom is 0.101 e. The second-order valence-corrected chi connectivity index (χ2v) is 4.34. The topological polar surface area (TPSA) is 23.8 Å². The van der Waals surface area contributed by atoms with Gasteiger partial charge in [-0.25, -0.2) is 0 Å². The van der Waals surface area contributed by atoms with Crippen LogP contribution in [0.2, 0.25) is 0 Å². The van der Waals surface area contributed by atoms with Crippen molar-refractivity contribution in [2.45, 2.75) is 0 Å². The predicted octanol–water partition coefficient (Wildman–Crippen LogP) is 3.14. The lowest BCUT2D eigenvalue weighted by molar-refractivity contribution is 1.50. The van der Waals surface area contributed by atoms with Crippen LogP contribution in [0.25, 0.3) is 0 Å². The van der Waals surface area contributed by atoms with E-state index < -0.39 is 0 Å². The first-order chi connectivity index (χ1) is 4.25. The monoisotopic (exact) mass is 265 g/mol. The Kier molecular flexibility index (Phi) is 2.28. The molecule has 0 aliphatic rings. The molecular formula is C5HBr2NS. The van der Waals surface area contributed by atoms with Crippen molar-refractivity contribution < 1.29 is 0 Å². The van der Waals surface area contributed by atoms with Crippen molar-refractivity contribution >= 4 is 43.2 Å². The zero-order valence-corrected chi connectivity index (χ0v) is 8.18. The van der Waals surface area contributed by atoms with E-state index in [9.17, 15) is 0 Å². The fourth-order valence-corrected chi connectivity index (χ4v) is 2.13. The van der Waals surface area contributed by atoms with Crippen LogP contribution in [0.5, 0.6) is 0 Å². The van der Waals surface area contributed by atoms with Crippen LogP contribution in [0.3, 0.4) is 0 Å². The first kappa shape index (κ1) is 7.26. The maximum absolute atomic E-state index is 8.44. The number of halogens is 2.